The fourth-order valence-electron chi connectivity index (χ4n) is 4.63. The molecule has 162 valence electrons. The van der Waals surface area contributed by atoms with Crippen molar-refractivity contribution in [3.05, 3.63) is 64.4 Å². The van der Waals surface area contributed by atoms with Crippen molar-refractivity contribution in [3.63, 3.8) is 0 Å². The molecule has 1 amide bonds. The first-order valence-electron chi connectivity index (χ1n) is 10.4. The summed E-state index contributed by atoms with van der Waals surface area (Å²) in [6.07, 6.45) is 1.23. The number of aryl methyl sites for hydroxylation is 1. The summed E-state index contributed by atoms with van der Waals surface area (Å²) < 4.78 is 16.4. The maximum Gasteiger partial charge on any atom is 0.225 e. The zero-order valence-corrected chi connectivity index (χ0v) is 18.3. The monoisotopic (exact) mass is 421 g/mol. The summed E-state index contributed by atoms with van der Waals surface area (Å²) in [6, 6.07) is 11.8. The lowest BCUT2D eigenvalue weighted by molar-refractivity contribution is -0.122. The average Bonchev–Trinajstić information content (AvgIpc) is 2.77. The van der Waals surface area contributed by atoms with Gasteiger partial charge in [0.15, 0.2) is 17.3 Å². The van der Waals surface area contributed by atoms with Crippen LogP contribution in [0.4, 0.5) is 0 Å². The number of carbonyl (C=O) groups excluding carboxylic acids is 2. The van der Waals surface area contributed by atoms with Crippen molar-refractivity contribution in [2.75, 3.05) is 21.3 Å². The minimum absolute atomic E-state index is 0.0539. The van der Waals surface area contributed by atoms with Gasteiger partial charge in [-0.25, -0.2) is 0 Å². The first-order chi connectivity index (χ1) is 14.9. The summed E-state index contributed by atoms with van der Waals surface area (Å²) >= 11 is 0. The molecule has 2 aromatic carbocycles. The second kappa shape index (κ2) is 8.46. The molecule has 2 aliphatic rings. The van der Waals surface area contributed by atoms with E-state index in [1.165, 1.54) is 5.56 Å². The highest BCUT2D eigenvalue weighted by Gasteiger charge is 2.39. The lowest BCUT2D eigenvalue weighted by atomic mass is 9.73. The number of Topliss-reactive ketones (excluding diaryl/α,β-unsaturated/α-hetero) is 1. The van der Waals surface area contributed by atoms with Gasteiger partial charge in [-0.1, -0.05) is 29.8 Å². The van der Waals surface area contributed by atoms with Crippen LogP contribution in [0.2, 0.25) is 0 Å². The molecule has 2 aromatic rings. The van der Waals surface area contributed by atoms with Crippen LogP contribution in [-0.2, 0) is 9.59 Å². The van der Waals surface area contributed by atoms with Crippen molar-refractivity contribution in [2.45, 2.75) is 38.0 Å². The standard InChI is InChI=1S/C25H27NO5/c1-14-5-7-15(8-6-14)16-9-19-25(20(27)10-16)18(12-24(28)26-19)17-11-22(30-3)23(31-4)13-21(17)29-2/h5-8,11,13,16,18H,9-10,12H2,1-4H3,(H,26,28). The van der Waals surface area contributed by atoms with Gasteiger partial charge in [-0.05, 0) is 30.9 Å². The van der Waals surface area contributed by atoms with Crippen molar-refractivity contribution in [1.29, 1.82) is 0 Å². The fourth-order valence-corrected chi connectivity index (χ4v) is 4.63. The van der Waals surface area contributed by atoms with Gasteiger partial charge < -0.3 is 19.5 Å². The molecule has 6 nitrogen and oxygen atoms in total. The Bertz CT molecular complexity index is 1050. The highest BCUT2D eigenvalue weighted by Crippen LogP contribution is 2.47. The lowest BCUT2D eigenvalue weighted by Crippen LogP contribution is -2.38. The first-order valence-corrected chi connectivity index (χ1v) is 10.4. The number of methoxy groups -OCH3 is 3. The zero-order chi connectivity index (χ0) is 22.1. The van der Waals surface area contributed by atoms with Crippen LogP contribution in [0.1, 0.15) is 47.8 Å². The summed E-state index contributed by atoms with van der Waals surface area (Å²) in [5, 5.41) is 2.97. The molecule has 0 fully saturated rings. The van der Waals surface area contributed by atoms with E-state index in [0.717, 1.165) is 16.8 Å². The second-order valence-corrected chi connectivity index (χ2v) is 8.09. The Balaban J connectivity index is 1.77. The van der Waals surface area contributed by atoms with Gasteiger partial charge in [0.25, 0.3) is 0 Å². The molecular formula is C25H27NO5. The minimum Gasteiger partial charge on any atom is -0.496 e. The van der Waals surface area contributed by atoms with E-state index < -0.39 is 0 Å². The van der Waals surface area contributed by atoms with Crippen LogP contribution < -0.4 is 19.5 Å². The van der Waals surface area contributed by atoms with Gasteiger partial charge >= 0.3 is 0 Å². The normalized spacial score (nSPS) is 20.8. The van der Waals surface area contributed by atoms with E-state index in [1.807, 2.05) is 13.0 Å². The number of rotatable bonds is 5. The Hall–Kier alpha value is -3.28. The van der Waals surface area contributed by atoms with Crippen molar-refractivity contribution >= 4 is 11.7 Å². The Morgan fingerprint density at radius 3 is 2.13 bits per heavy atom. The van der Waals surface area contributed by atoms with Crippen LogP contribution in [0.25, 0.3) is 0 Å². The number of ketones is 1. The third-order valence-corrected chi connectivity index (χ3v) is 6.20. The van der Waals surface area contributed by atoms with Crippen molar-refractivity contribution < 1.29 is 23.8 Å². The van der Waals surface area contributed by atoms with Gasteiger partial charge in [-0.2, -0.15) is 0 Å². The number of hydrogen-bond acceptors (Lipinski definition) is 5. The quantitative estimate of drug-likeness (QED) is 0.789. The number of nitrogens with one attached hydrogen (secondary N) is 1. The first kappa shape index (κ1) is 21.0. The summed E-state index contributed by atoms with van der Waals surface area (Å²) in [4.78, 5) is 26.0. The Morgan fingerprint density at radius 1 is 0.839 bits per heavy atom. The zero-order valence-electron chi connectivity index (χ0n) is 18.3. The van der Waals surface area contributed by atoms with Gasteiger partial charge in [-0.15, -0.1) is 0 Å². The van der Waals surface area contributed by atoms with Crippen LogP contribution >= 0.6 is 0 Å². The second-order valence-electron chi connectivity index (χ2n) is 8.09. The third-order valence-electron chi connectivity index (χ3n) is 6.20. The average molecular weight is 421 g/mol. The molecule has 4 rings (SSSR count). The van der Waals surface area contributed by atoms with E-state index >= 15 is 0 Å². The molecule has 2 unspecified atom stereocenters. The van der Waals surface area contributed by atoms with Crippen LogP contribution in [0, 0.1) is 6.92 Å². The molecule has 1 N–H and O–H groups in total. The molecule has 0 bridgehead atoms. The highest BCUT2D eigenvalue weighted by molar-refractivity contribution is 6.02. The van der Waals surface area contributed by atoms with E-state index in [9.17, 15) is 9.59 Å². The van der Waals surface area contributed by atoms with E-state index in [1.54, 1.807) is 27.4 Å². The molecule has 1 aliphatic carbocycles. The smallest absolute Gasteiger partial charge is 0.225 e. The number of carbonyl (C=O) groups is 2. The molecule has 2 atom stereocenters. The molecule has 0 spiro atoms. The van der Waals surface area contributed by atoms with Gasteiger partial charge in [0, 0.05) is 41.7 Å². The van der Waals surface area contributed by atoms with Crippen LogP contribution in [-0.4, -0.2) is 33.0 Å². The van der Waals surface area contributed by atoms with E-state index in [0.29, 0.717) is 35.7 Å². The fraction of sp³-hybridized carbons (Fsp3) is 0.360. The van der Waals surface area contributed by atoms with Gasteiger partial charge in [0.2, 0.25) is 5.91 Å². The number of ether oxygens (including phenoxy) is 3. The molecule has 0 radical (unpaired) electrons. The van der Waals surface area contributed by atoms with Gasteiger partial charge in [0.1, 0.15) is 5.75 Å². The molecule has 0 saturated carbocycles. The summed E-state index contributed by atoms with van der Waals surface area (Å²) in [5.74, 6) is 1.27. The SMILES string of the molecule is COc1cc(OC)c(C2CC(=O)NC3=C2C(=O)CC(c2ccc(C)cc2)C3)cc1OC. The number of allylic oxidation sites excluding steroid dienone is 2. The third kappa shape index (κ3) is 3.90. The maximum atomic E-state index is 13.3. The Labute approximate surface area is 182 Å². The molecule has 1 heterocycles. The van der Waals surface area contributed by atoms with Crippen molar-refractivity contribution in [3.8, 4) is 17.2 Å². The Morgan fingerprint density at radius 2 is 1.48 bits per heavy atom. The predicted molar refractivity (Wildman–Crippen MR) is 117 cm³/mol. The molecular weight excluding hydrogens is 394 g/mol. The van der Waals surface area contributed by atoms with Crippen LogP contribution in [0.5, 0.6) is 17.2 Å². The van der Waals surface area contributed by atoms with E-state index in [-0.39, 0.29) is 29.9 Å². The Kier molecular flexibility index (Phi) is 5.72. The summed E-state index contributed by atoms with van der Waals surface area (Å²) in [5.41, 5.74) is 4.45. The van der Waals surface area contributed by atoms with E-state index in [2.05, 4.69) is 29.6 Å². The number of benzene rings is 2. The van der Waals surface area contributed by atoms with Crippen LogP contribution in [0.15, 0.2) is 47.7 Å². The van der Waals surface area contributed by atoms with Crippen molar-refractivity contribution in [1.82, 2.24) is 5.32 Å². The highest BCUT2D eigenvalue weighted by atomic mass is 16.5. The minimum atomic E-state index is -0.384. The van der Waals surface area contributed by atoms with E-state index in [4.69, 9.17) is 14.2 Å². The topological polar surface area (TPSA) is 73.9 Å². The van der Waals surface area contributed by atoms with Crippen LogP contribution in [0.3, 0.4) is 0 Å². The van der Waals surface area contributed by atoms with Crippen molar-refractivity contribution in [2.24, 2.45) is 0 Å². The molecule has 6 heteroatoms. The predicted octanol–water partition coefficient (Wildman–Crippen LogP) is 4.03. The maximum absolute atomic E-state index is 13.3. The molecule has 1 aliphatic heterocycles. The number of hydrogen-bond donors (Lipinski definition) is 1. The summed E-state index contributed by atoms with van der Waals surface area (Å²) in [6.45, 7) is 2.04. The van der Waals surface area contributed by atoms with Gasteiger partial charge in [0.05, 0.1) is 21.3 Å². The molecule has 0 saturated heterocycles. The molecule has 31 heavy (non-hydrogen) atoms. The lowest BCUT2D eigenvalue weighted by Gasteiger charge is -2.35. The van der Waals surface area contributed by atoms with Gasteiger partial charge in [-0.3, -0.25) is 9.59 Å². The summed E-state index contributed by atoms with van der Waals surface area (Å²) in [7, 11) is 4.69. The largest absolute Gasteiger partial charge is 0.496 e. The molecule has 0 aromatic heterocycles. The number of amides is 1.